The number of Topliss-reactive ketones (excluding diaryl/α,β-unsaturated/α-hetero) is 1. The van der Waals surface area contributed by atoms with Crippen LogP contribution in [-0.2, 0) is 4.79 Å². The summed E-state index contributed by atoms with van der Waals surface area (Å²) in [5.41, 5.74) is -0.0355. The van der Waals surface area contributed by atoms with Crippen molar-refractivity contribution < 1.29 is 4.79 Å². The van der Waals surface area contributed by atoms with Gasteiger partial charge >= 0.3 is 0 Å². The Morgan fingerprint density at radius 1 is 1.67 bits per heavy atom. The highest BCUT2D eigenvalue weighted by atomic mass is 16.1. The second-order valence-electron chi connectivity index (χ2n) is 4.54. The van der Waals surface area contributed by atoms with E-state index >= 15 is 0 Å². The van der Waals surface area contributed by atoms with Crippen LogP contribution >= 0.6 is 0 Å². The number of rotatable bonds is 2. The third-order valence-electron chi connectivity index (χ3n) is 3.82. The number of hydrogen-bond donors (Lipinski definition) is 0. The van der Waals surface area contributed by atoms with Gasteiger partial charge in [-0.15, -0.1) is 6.58 Å². The highest BCUT2D eigenvalue weighted by molar-refractivity contribution is 5.88. The van der Waals surface area contributed by atoms with Crippen LogP contribution in [0.5, 0.6) is 0 Å². The molecule has 0 amide bonds. The molecule has 0 spiro atoms. The molecule has 1 heterocycles. The molecule has 1 aliphatic heterocycles. The van der Waals surface area contributed by atoms with Crippen LogP contribution in [0, 0.1) is 16.7 Å². The van der Waals surface area contributed by atoms with Crippen LogP contribution in [0.2, 0.25) is 0 Å². The molecule has 1 saturated carbocycles. The van der Waals surface area contributed by atoms with E-state index in [2.05, 4.69) is 12.6 Å². The number of nitrogens with zero attached hydrogens (tertiary/aromatic N) is 2. The van der Waals surface area contributed by atoms with Gasteiger partial charge in [-0.05, 0) is 25.8 Å². The van der Waals surface area contributed by atoms with Crippen LogP contribution in [-0.4, -0.2) is 29.8 Å². The van der Waals surface area contributed by atoms with E-state index in [0.29, 0.717) is 18.7 Å². The molecule has 1 saturated heterocycles. The van der Waals surface area contributed by atoms with Gasteiger partial charge in [-0.1, -0.05) is 6.08 Å². The molecule has 0 aromatic carbocycles. The van der Waals surface area contributed by atoms with Crippen molar-refractivity contribution in [1.29, 1.82) is 5.26 Å². The summed E-state index contributed by atoms with van der Waals surface area (Å²) in [5, 5.41) is 8.75. The molecule has 0 unspecified atom stereocenters. The minimum Gasteiger partial charge on any atom is -0.298 e. The summed E-state index contributed by atoms with van der Waals surface area (Å²) >= 11 is 0. The van der Waals surface area contributed by atoms with Crippen LogP contribution in [0.1, 0.15) is 25.7 Å². The molecule has 2 rings (SSSR count). The molecule has 0 N–H and O–H groups in total. The minimum absolute atomic E-state index is 0.0355. The van der Waals surface area contributed by atoms with E-state index in [1.165, 1.54) is 0 Å². The number of ketones is 1. The first kappa shape index (κ1) is 10.4. The summed E-state index contributed by atoms with van der Waals surface area (Å²) in [5.74, 6) is 0.296. The molecule has 1 aliphatic carbocycles. The highest BCUT2D eigenvalue weighted by Gasteiger charge is 2.50. The molecule has 80 valence electrons. The summed E-state index contributed by atoms with van der Waals surface area (Å²) in [7, 11) is 0. The predicted octanol–water partition coefficient (Wildman–Crippen LogP) is 1.51. The monoisotopic (exact) mass is 204 g/mol. The zero-order valence-electron chi connectivity index (χ0n) is 8.91. The third-order valence-corrected chi connectivity index (χ3v) is 3.82. The van der Waals surface area contributed by atoms with Crippen molar-refractivity contribution in [2.75, 3.05) is 13.1 Å². The lowest BCUT2D eigenvalue weighted by atomic mass is 9.75. The molecular weight excluding hydrogens is 188 g/mol. The van der Waals surface area contributed by atoms with Gasteiger partial charge in [-0.2, -0.15) is 5.26 Å². The lowest BCUT2D eigenvalue weighted by Crippen LogP contribution is -2.51. The van der Waals surface area contributed by atoms with Gasteiger partial charge in [0.15, 0.2) is 5.78 Å². The Morgan fingerprint density at radius 2 is 2.47 bits per heavy atom. The third kappa shape index (κ3) is 1.49. The first-order valence-corrected chi connectivity index (χ1v) is 5.51. The van der Waals surface area contributed by atoms with E-state index in [-0.39, 0.29) is 11.5 Å². The second-order valence-corrected chi connectivity index (χ2v) is 4.54. The number of carbonyl (C=O) groups excluding carboxylic acids is 1. The fourth-order valence-corrected chi connectivity index (χ4v) is 3.10. The van der Waals surface area contributed by atoms with Crippen molar-refractivity contribution >= 4 is 5.78 Å². The maximum absolute atomic E-state index is 11.9. The maximum Gasteiger partial charge on any atom is 0.150 e. The quantitative estimate of drug-likeness (QED) is 0.506. The first-order valence-electron chi connectivity index (χ1n) is 5.51. The zero-order chi connectivity index (χ0) is 10.9. The first-order chi connectivity index (χ1) is 7.23. The molecule has 2 aliphatic rings. The van der Waals surface area contributed by atoms with Gasteiger partial charge in [-0.3, -0.25) is 9.69 Å². The number of fused-ring (bicyclic) bond motifs is 1. The van der Waals surface area contributed by atoms with Crippen LogP contribution in [0.15, 0.2) is 12.7 Å². The van der Waals surface area contributed by atoms with Gasteiger partial charge in [0.05, 0.1) is 18.7 Å². The molecule has 0 aromatic rings. The Morgan fingerprint density at radius 3 is 3.13 bits per heavy atom. The summed E-state index contributed by atoms with van der Waals surface area (Å²) in [4.78, 5) is 13.9. The molecular formula is C12H16N2O. The van der Waals surface area contributed by atoms with Crippen molar-refractivity contribution in [3.05, 3.63) is 12.7 Å². The fourth-order valence-electron chi connectivity index (χ4n) is 3.10. The number of nitriles is 1. The normalized spacial score (nSPS) is 35.9. The van der Waals surface area contributed by atoms with Crippen molar-refractivity contribution in [2.45, 2.75) is 31.7 Å². The molecule has 2 atom stereocenters. The second kappa shape index (κ2) is 3.79. The molecule has 2 fully saturated rings. The smallest absolute Gasteiger partial charge is 0.150 e. The number of piperidine rings is 1. The van der Waals surface area contributed by atoms with Gasteiger partial charge < -0.3 is 0 Å². The summed E-state index contributed by atoms with van der Waals surface area (Å²) in [6.07, 6.45) is 5.64. The molecule has 15 heavy (non-hydrogen) atoms. The van der Waals surface area contributed by atoms with Gasteiger partial charge in [-0.25, -0.2) is 0 Å². The number of hydrogen-bond acceptors (Lipinski definition) is 3. The van der Waals surface area contributed by atoms with Crippen LogP contribution in [0.4, 0.5) is 0 Å². The van der Waals surface area contributed by atoms with Crippen LogP contribution in [0.3, 0.4) is 0 Å². The molecule has 0 radical (unpaired) electrons. The van der Waals surface area contributed by atoms with E-state index in [0.717, 1.165) is 25.8 Å². The zero-order valence-corrected chi connectivity index (χ0v) is 8.91. The summed E-state index contributed by atoms with van der Waals surface area (Å²) < 4.78 is 0. The van der Waals surface area contributed by atoms with Crippen molar-refractivity contribution in [3.63, 3.8) is 0 Å². The van der Waals surface area contributed by atoms with Gasteiger partial charge in [0.25, 0.3) is 0 Å². The van der Waals surface area contributed by atoms with E-state index < -0.39 is 0 Å². The average Bonchev–Trinajstić information content (AvgIpc) is 2.59. The Labute approximate surface area is 90.4 Å². The van der Waals surface area contributed by atoms with E-state index in [4.69, 9.17) is 5.26 Å². The minimum atomic E-state index is -0.0663. The summed E-state index contributed by atoms with van der Waals surface area (Å²) in [6.45, 7) is 5.13. The topological polar surface area (TPSA) is 44.1 Å². The van der Waals surface area contributed by atoms with Gasteiger partial charge in [0.1, 0.15) is 0 Å². The Kier molecular flexibility index (Phi) is 2.62. The lowest BCUT2D eigenvalue weighted by Gasteiger charge is -2.42. The summed E-state index contributed by atoms with van der Waals surface area (Å²) in [6, 6.07) is 2.09. The average molecular weight is 204 g/mol. The van der Waals surface area contributed by atoms with Crippen molar-refractivity contribution in [1.82, 2.24) is 4.90 Å². The van der Waals surface area contributed by atoms with E-state index in [9.17, 15) is 4.79 Å². The van der Waals surface area contributed by atoms with Crippen molar-refractivity contribution in [2.24, 2.45) is 5.41 Å². The van der Waals surface area contributed by atoms with Crippen LogP contribution in [0.25, 0.3) is 0 Å². The van der Waals surface area contributed by atoms with Crippen LogP contribution < -0.4 is 0 Å². The molecule has 0 bridgehead atoms. The number of carbonyl (C=O) groups is 1. The highest BCUT2D eigenvalue weighted by Crippen LogP contribution is 2.46. The molecule has 0 aromatic heterocycles. The predicted molar refractivity (Wildman–Crippen MR) is 57.1 cm³/mol. The number of likely N-dealkylation sites (tertiary alicyclic amines) is 1. The molecule has 3 heteroatoms. The van der Waals surface area contributed by atoms with Gasteiger partial charge in [0, 0.05) is 11.8 Å². The Balaban J connectivity index is 2.29. The van der Waals surface area contributed by atoms with Crippen molar-refractivity contribution in [3.8, 4) is 6.07 Å². The molecule has 3 nitrogen and oxygen atoms in total. The Bertz CT molecular complexity index is 331. The lowest BCUT2D eigenvalue weighted by molar-refractivity contribution is -0.124. The SMILES string of the molecule is C=C[C@@]12CCCN(CC#N)[C@@H]1C(=O)CC2. The van der Waals surface area contributed by atoms with Gasteiger partial charge in [0.2, 0.25) is 0 Å². The largest absolute Gasteiger partial charge is 0.298 e. The standard InChI is InChI=1S/C12H16N2O/c1-2-12-5-3-8-14(9-7-13)11(12)10(15)4-6-12/h2,11H,1,3-6,8-9H2/t11-,12+/m1/s1. The Hall–Kier alpha value is -1.14. The fraction of sp³-hybridized carbons (Fsp3) is 0.667. The van der Waals surface area contributed by atoms with E-state index in [1.54, 1.807) is 0 Å². The van der Waals surface area contributed by atoms with E-state index in [1.807, 2.05) is 11.0 Å². The maximum atomic E-state index is 11.9.